The lowest BCUT2D eigenvalue weighted by molar-refractivity contribution is -0.137. The quantitative estimate of drug-likeness (QED) is 0.220. The zero-order chi connectivity index (χ0) is 31.1. The van der Waals surface area contributed by atoms with Crippen LogP contribution in [0.25, 0.3) is 0 Å². The van der Waals surface area contributed by atoms with Crippen LogP contribution >= 0.6 is 0 Å². The summed E-state index contributed by atoms with van der Waals surface area (Å²) in [6.45, 7) is 0. The summed E-state index contributed by atoms with van der Waals surface area (Å²) in [5.74, 6) is -2.27. The predicted octanol–water partition coefficient (Wildman–Crippen LogP) is 5.35. The van der Waals surface area contributed by atoms with Gasteiger partial charge in [0.2, 0.25) is 23.5 Å². The van der Waals surface area contributed by atoms with Crippen LogP contribution in [0.4, 0.5) is 18.9 Å². The first-order valence-corrected chi connectivity index (χ1v) is 12.0. The number of hydrogen-bond acceptors (Lipinski definition) is 12. The lowest BCUT2D eigenvalue weighted by Gasteiger charge is -2.15. The van der Waals surface area contributed by atoms with Gasteiger partial charge in [-0.2, -0.15) is 33.1 Å². The SMILES string of the molecule is COc1cc(OC)nc(Oc2ccc(/N=C/c3ccccc3C(F)(F)F)c(Oc3nc(OC)cc(OC)n3)c2C(=O)O)n1. The number of hydrogen-bond donors (Lipinski definition) is 1. The number of methoxy groups -OCH3 is 4. The first kappa shape index (κ1) is 30.3. The molecular weight excluding hydrogens is 579 g/mol. The third-order valence-corrected chi connectivity index (χ3v) is 5.47. The fraction of sp³-hybridized carbons (Fsp3) is 0.185. The number of rotatable bonds is 11. The Labute approximate surface area is 241 Å². The Morgan fingerprint density at radius 3 is 1.79 bits per heavy atom. The molecule has 0 saturated carbocycles. The van der Waals surface area contributed by atoms with Gasteiger partial charge in [0.25, 0.3) is 0 Å². The molecule has 2 aromatic heterocycles. The lowest BCUT2D eigenvalue weighted by atomic mass is 10.1. The second-order valence-electron chi connectivity index (χ2n) is 8.11. The number of carboxylic acid groups (broad SMARTS) is 1. The molecule has 13 nitrogen and oxygen atoms in total. The van der Waals surface area contributed by atoms with E-state index in [2.05, 4.69) is 24.9 Å². The number of halogens is 3. The molecule has 16 heteroatoms. The highest BCUT2D eigenvalue weighted by molar-refractivity contribution is 5.97. The van der Waals surface area contributed by atoms with Crippen LogP contribution in [-0.4, -0.2) is 65.7 Å². The Kier molecular flexibility index (Phi) is 9.08. The second kappa shape index (κ2) is 12.9. The van der Waals surface area contributed by atoms with Crippen LogP contribution in [0.15, 0.2) is 53.5 Å². The Hall–Kier alpha value is -5.67. The lowest BCUT2D eigenvalue weighted by Crippen LogP contribution is -2.08. The average Bonchev–Trinajstić information content (AvgIpc) is 2.99. The van der Waals surface area contributed by atoms with Crippen LogP contribution in [0.2, 0.25) is 0 Å². The maximum Gasteiger partial charge on any atom is 0.417 e. The summed E-state index contributed by atoms with van der Waals surface area (Å²) in [7, 11) is 5.32. The Bertz CT molecular complexity index is 1620. The molecule has 0 amide bonds. The largest absolute Gasteiger partial charge is 0.481 e. The molecule has 0 aliphatic heterocycles. The van der Waals surface area contributed by atoms with E-state index in [0.717, 1.165) is 12.3 Å². The molecule has 2 heterocycles. The van der Waals surface area contributed by atoms with E-state index in [1.165, 1.54) is 70.9 Å². The number of aromatic nitrogens is 4. The predicted molar refractivity (Wildman–Crippen MR) is 143 cm³/mol. The standard InChI is InChI=1S/C27H22F3N5O8/c1-38-18-11-19(39-2)33-25(32-18)42-17-10-9-16(31-13-14-7-5-6-8-15(14)27(28,29)30)23(22(17)24(36)37)43-26-34-20(40-3)12-21(35-26)41-4/h5-13H,1-4H3,(H,36,37)/b31-13+. The molecule has 4 aromatic rings. The van der Waals surface area contributed by atoms with Crippen molar-refractivity contribution in [3.8, 4) is 47.0 Å². The molecule has 2 aromatic carbocycles. The minimum absolute atomic E-state index is 0.00663. The Morgan fingerprint density at radius 1 is 0.791 bits per heavy atom. The van der Waals surface area contributed by atoms with E-state index in [9.17, 15) is 23.1 Å². The molecule has 0 radical (unpaired) electrons. The molecule has 43 heavy (non-hydrogen) atoms. The van der Waals surface area contributed by atoms with E-state index in [4.69, 9.17) is 28.4 Å². The van der Waals surface area contributed by atoms with Gasteiger partial charge in [0, 0.05) is 11.8 Å². The number of ether oxygens (including phenoxy) is 6. The van der Waals surface area contributed by atoms with Gasteiger partial charge in [0.1, 0.15) is 17.0 Å². The van der Waals surface area contributed by atoms with E-state index in [1.54, 1.807) is 0 Å². The van der Waals surface area contributed by atoms with E-state index in [-0.39, 0.29) is 46.5 Å². The summed E-state index contributed by atoms with van der Waals surface area (Å²) in [6, 6.07) is 9.08. The number of aromatic carboxylic acids is 1. The summed E-state index contributed by atoms with van der Waals surface area (Å²) in [6.07, 6.45) is -3.76. The average molecular weight is 601 g/mol. The minimum Gasteiger partial charge on any atom is -0.481 e. The summed E-state index contributed by atoms with van der Waals surface area (Å²) >= 11 is 0. The highest BCUT2D eigenvalue weighted by Gasteiger charge is 2.32. The molecule has 4 rings (SSSR count). The van der Waals surface area contributed by atoms with Gasteiger partial charge in [-0.3, -0.25) is 4.99 Å². The first-order valence-electron chi connectivity index (χ1n) is 12.0. The fourth-order valence-electron chi connectivity index (χ4n) is 3.52. The molecule has 0 saturated heterocycles. The molecule has 1 N–H and O–H groups in total. The topological polar surface area (TPSA) is 157 Å². The van der Waals surface area contributed by atoms with Crippen LogP contribution in [0.3, 0.4) is 0 Å². The van der Waals surface area contributed by atoms with E-state index in [0.29, 0.717) is 0 Å². The number of carboxylic acids is 1. The van der Waals surface area contributed by atoms with Gasteiger partial charge in [-0.05, 0) is 18.2 Å². The van der Waals surface area contributed by atoms with Crippen molar-refractivity contribution in [2.45, 2.75) is 6.18 Å². The molecular formula is C27H22F3N5O8. The van der Waals surface area contributed by atoms with Crippen molar-refractivity contribution >= 4 is 17.9 Å². The molecule has 0 fully saturated rings. The number of aliphatic imine (C=N–C) groups is 1. The van der Waals surface area contributed by atoms with Crippen molar-refractivity contribution in [1.29, 1.82) is 0 Å². The molecule has 0 aliphatic rings. The summed E-state index contributed by atoms with van der Waals surface area (Å²) in [5.41, 5.74) is -2.07. The maximum absolute atomic E-state index is 13.6. The van der Waals surface area contributed by atoms with Crippen LogP contribution in [0, 0.1) is 0 Å². The van der Waals surface area contributed by atoms with E-state index >= 15 is 0 Å². The van der Waals surface area contributed by atoms with Crippen LogP contribution in [0.1, 0.15) is 21.5 Å². The third-order valence-electron chi connectivity index (χ3n) is 5.47. The number of benzene rings is 2. The van der Waals surface area contributed by atoms with Crippen molar-refractivity contribution in [1.82, 2.24) is 19.9 Å². The third kappa shape index (κ3) is 7.16. The minimum atomic E-state index is -4.67. The van der Waals surface area contributed by atoms with Crippen molar-refractivity contribution in [3.63, 3.8) is 0 Å². The monoisotopic (exact) mass is 601 g/mol. The highest BCUT2D eigenvalue weighted by atomic mass is 19.4. The molecule has 0 unspecified atom stereocenters. The summed E-state index contributed by atoms with van der Waals surface area (Å²) in [4.78, 5) is 32.8. The van der Waals surface area contributed by atoms with Gasteiger partial charge in [0.05, 0.1) is 46.1 Å². The first-order chi connectivity index (χ1) is 20.6. The van der Waals surface area contributed by atoms with Crippen LogP contribution < -0.4 is 28.4 Å². The molecule has 0 spiro atoms. The van der Waals surface area contributed by atoms with Gasteiger partial charge < -0.3 is 33.5 Å². The van der Waals surface area contributed by atoms with Crippen LogP contribution in [0.5, 0.6) is 47.0 Å². The Morgan fingerprint density at radius 2 is 1.30 bits per heavy atom. The van der Waals surface area contributed by atoms with Gasteiger partial charge in [-0.25, -0.2) is 4.79 Å². The normalized spacial score (nSPS) is 11.2. The van der Waals surface area contributed by atoms with Crippen molar-refractivity contribution in [2.75, 3.05) is 28.4 Å². The molecule has 224 valence electrons. The number of carbonyl (C=O) groups is 1. The smallest absolute Gasteiger partial charge is 0.417 e. The fourth-order valence-corrected chi connectivity index (χ4v) is 3.52. The van der Waals surface area contributed by atoms with Gasteiger partial charge in [-0.15, -0.1) is 0 Å². The summed E-state index contributed by atoms with van der Waals surface area (Å²) < 4.78 is 72.6. The van der Waals surface area contributed by atoms with Crippen molar-refractivity contribution < 1.29 is 51.5 Å². The zero-order valence-corrected chi connectivity index (χ0v) is 22.9. The van der Waals surface area contributed by atoms with Gasteiger partial charge in [0.15, 0.2) is 5.75 Å². The summed E-state index contributed by atoms with van der Waals surface area (Å²) in [5, 5.41) is 10.2. The Balaban J connectivity index is 1.89. The van der Waals surface area contributed by atoms with Crippen LogP contribution in [-0.2, 0) is 6.18 Å². The van der Waals surface area contributed by atoms with E-state index in [1.807, 2.05) is 0 Å². The van der Waals surface area contributed by atoms with Crippen molar-refractivity contribution in [2.24, 2.45) is 4.99 Å². The highest BCUT2D eigenvalue weighted by Crippen LogP contribution is 2.42. The van der Waals surface area contributed by atoms with Gasteiger partial charge in [-0.1, -0.05) is 18.2 Å². The second-order valence-corrected chi connectivity index (χ2v) is 8.11. The maximum atomic E-state index is 13.6. The van der Waals surface area contributed by atoms with E-state index < -0.39 is 35.0 Å². The number of alkyl halides is 3. The molecule has 0 bridgehead atoms. The number of nitrogens with zero attached hydrogens (tertiary/aromatic N) is 5. The molecule has 0 aliphatic carbocycles. The van der Waals surface area contributed by atoms with Gasteiger partial charge >= 0.3 is 24.2 Å². The zero-order valence-electron chi connectivity index (χ0n) is 22.9. The van der Waals surface area contributed by atoms with Crippen molar-refractivity contribution in [3.05, 3.63) is 65.2 Å². The molecule has 0 atom stereocenters.